The second kappa shape index (κ2) is 5.07. The number of rotatable bonds is 1. The van der Waals surface area contributed by atoms with Gasteiger partial charge >= 0.3 is 0 Å². The van der Waals surface area contributed by atoms with Gasteiger partial charge in [-0.2, -0.15) is 0 Å². The molecule has 0 spiro atoms. The van der Waals surface area contributed by atoms with Gasteiger partial charge in [-0.1, -0.05) is 23.9 Å². The van der Waals surface area contributed by atoms with Crippen molar-refractivity contribution in [2.45, 2.75) is 44.2 Å². The van der Waals surface area contributed by atoms with Crippen molar-refractivity contribution < 1.29 is 8.42 Å². The van der Waals surface area contributed by atoms with E-state index in [1.807, 2.05) is 52.0 Å². The second-order valence-electron chi connectivity index (χ2n) is 5.93. The summed E-state index contributed by atoms with van der Waals surface area (Å²) in [5, 5.41) is 0.835. The summed E-state index contributed by atoms with van der Waals surface area (Å²) in [4.78, 5) is 5.62. The predicted molar refractivity (Wildman–Crippen MR) is 86.3 cm³/mol. The highest BCUT2D eigenvalue weighted by molar-refractivity contribution is 8.14. The maximum absolute atomic E-state index is 12.1. The lowest BCUT2D eigenvalue weighted by molar-refractivity contribution is 0.578. The van der Waals surface area contributed by atoms with Crippen LogP contribution >= 0.6 is 11.8 Å². The summed E-state index contributed by atoms with van der Waals surface area (Å²) in [5.74, 6) is 0. The van der Waals surface area contributed by atoms with E-state index < -0.39 is 10.0 Å². The van der Waals surface area contributed by atoms with Crippen LogP contribution in [0.25, 0.3) is 0 Å². The predicted octanol–water partition coefficient (Wildman–Crippen LogP) is 3.14. The van der Waals surface area contributed by atoms with Crippen molar-refractivity contribution in [2.24, 2.45) is 4.99 Å². The summed E-state index contributed by atoms with van der Waals surface area (Å²) in [6, 6.07) is 7.27. The Morgan fingerprint density at radius 3 is 2.40 bits per heavy atom. The lowest BCUT2D eigenvalue weighted by Crippen LogP contribution is -2.45. The topological polar surface area (TPSA) is 49.7 Å². The Bertz CT molecular complexity index is 645. The molecule has 1 atom stereocenters. The molecule has 0 aliphatic carbocycles. The monoisotopic (exact) mass is 312 g/mol. The SMILES string of the molecule is CC1C(=NC(C)(C)C)Sc2ccccc2N1S(C)(=O)=O. The van der Waals surface area contributed by atoms with Gasteiger partial charge in [-0.05, 0) is 39.8 Å². The first-order valence-electron chi connectivity index (χ1n) is 6.45. The molecule has 6 heteroatoms. The van der Waals surface area contributed by atoms with Gasteiger partial charge in [0.1, 0.15) is 0 Å². The molecule has 0 aromatic heterocycles. The first kappa shape index (κ1) is 15.4. The molecule has 0 amide bonds. The molecule has 0 saturated heterocycles. The van der Waals surface area contributed by atoms with Crippen molar-refractivity contribution in [3.05, 3.63) is 24.3 Å². The van der Waals surface area contributed by atoms with Crippen LogP contribution in [0.2, 0.25) is 0 Å². The van der Waals surface area contributed by atoms with E-state index in [0.717, 1.165) is 15.6 Å². The Labute approximate surface area is 125 Å². The van der Waals surface area contributed by atoms with Crippen LogP contribution in [0.3, 0.4) is 0 Å². The molecule has 20 heavy (non-hydrogen) atoms. The van der Waals surface area contributed by atoms with Crippen molar-refractivity contribution in [1.29, 1.82) is 0 Å². The van der Waals surface area contributed by atoms with Crippen molar-refractivity contribution >= 4 is 32.5 Å². The minimum absolute atomic E-state index is 0.230. The summed E-state index contributed by atoms with van der Waals surface area (Å²) in [6.45, 7) is 7.92. The van der Waals surface area contributed by atoms with Crippen LogP contribution in [0.15, 0.2) is 34.2 Å². The number of benzene rings is 1. The van der Waals surface area contributed by atoms with Crippen molar-refractivity contribution in [3.63, 3.8) is 0 Å². The van der Waals surface area contributed by atoms with E-state index in [9.17, 15) is 8.42 Å². The summed E-state index contributed by atoms with van der Waals surface area (Å²) in [7, 11) is -3.34. The molecule has 1 aliphatic heterocycles. The smallest absolute Gasteiger partial charge is 0.232 e. The fraction of sp³-hybridized carbons (Fsp3) is 0.500. The van der Waals surface area contributed by atoms with Gasteiger partial charge in [0.05, 0.1) is 28.6 Å². The zero-order chi connectivity index (χ0) is 15.1. The molecule has 1 aliphatic rings. The van der Waals surface area contributed by atoms with E-state index in [1.165, 1.54) is 10.6 Å². The lowest BCUT2D eigenvalue weighted by Gasteiger charge is -2.36. The molecular weight excluding hydrogens is 292 g/mol. The number of hydrogen-bond acceptors (Lipinski definition) is 4. The number of fused-ring (bicyclic) bond motifs is 1. The third-order valence-electron chi connectivity index (χ3n) is 2.83. The van der Waals surface area contributed by atoms with E-state index in [1.54, 1.807) is 11.8 Å². The number of hydrogen-bond donors (Lipinski definition) is 0. The van der Waals surface area contributed by atoms with E-state index in [-0.39, 0.29) is 11.6 Å². The highest BCUT2D eigenvalue weighted by Crippen LogP contribution is 2.40. The van der Waals surface area contributed by atoms with Gasteiger partial charge in [0.2, 0.25) is 10.0 Å². The summed E-state index contributed by atoms with van der Waals surface area (Å²) in [6.07, 6.45) is 1.24. The van der Waals surface area contributed by atoms with Crippen molar-refractivity contribution in [3.8, 4) is 0 Å². The Morgan fingerprint density at radius 2 is 1.85 bits per heavy atom. The molecule has 0 radical (unpaired) electrons. The number of thioether (sulfide) groups is 1. The zero-order valence-corrected chi connectivity index (χ0v) is 14.0. The number of aliphatic imine (C=N–C) groups is 1. The zero-order valence-electron chi connectivity index (χ0n) is 12.4. The van der Waals surface area contributed by atoms with Crippen molar-refractivity contribution in [1.82, 2.24) is 0 Å². The fourth-order valence-electron chi connectivity index (χ4n) is 2.15. The molecule has 0 N–H and O–H groups in total. The maximum atomic E-state index is 12.1. The van der Waals surface area contributed by atoms with Gasteiger partial charge in [0, 0.05) is 4.90 Å². The molecule has 2 rings (SSSR count). The number of sulfonamides is 1. The maximum Gasteiger partial charge on any atom is 0.232 e. The van der Waals surface area contributed by atoms with Gasteiger partial charge in [-0.15, -0.1) is 0 Å². The quantitative estimate of drug-likeness (QED) is 0.800. The van der Waals surface area contributed by atoms with E-state index in [2.05, 4.69) is 4.99 Å². The van der Waals surface area contributed by atoms with Crippen LogP contribution in [0.1, 0.15) is 27.7 Å². The second-order valence-corrected chi connectivity index (χ2v) is 8.85. The molecule has 1 heterocycles. The third-order valence-corrected chi connectivity index (χ3v) is 5.26. The van der Waals surface area contributed by atoms with E-state index in [0.29, 0.717) is 0 Å². The van der Waals surface area contributed by atoms with Gasteiger partial charge in [0.15, 0.2) is 0 Å². The minimum atomic E-state index is -3.34. The fourth-order valence-corrected chi connectivity index (χ4v) is 4.70. The number of para-hydroxylation sites is 1. The number of nitrogens with zero attached hydrogens (tertiary/aromatic N) is 2. The van der Waals surface area contributed by atoms with Crippen LogP contribution < -0.4 is 4.31 Å². The van der Waals surface area contributed by atoms with Crippen LogP contribution in [0, 0.1) is 0 Å². The standard InChI is InChI=1S/C14H20N2O2S2/c1-10-13(15-14(2,3)4)19-12-9-7-6-8-11(12)16(10)20(5,17)18/h6-10H,1-5H3. The van der Waals surface area contributed by atoms with E-state index >= 15 is 0 Å². The molecule has 0 fully saturated rings. The van der Waals surface area contributed by atoms with Gasteiger partial charge in [-0.3, -0.25) is 9.30 Å². The van der Waals surface area contributed by atoms with Crippen LogP contribution in [0.4, 0.5) is 5.69 Å². The van der Waals surface area contributed by atoms with Gasteiger partial charge < -0.3 is 0 Å². The van der Waals surface area contributed by atoms with Crippen molar-refractivity contribution in [2.75, 3.05) is 10.6 Å². The van der Waals surface area contributed by atoms with E-state index in [4.69, 9.17) is 0 Å². The van der Waals surface area contributed by atoms with Crippen LogP contribution in [0.5, 0.6) is 0 Å². The van der Waals surface area contributed by atoms with Gasteiger partial charge in [-0.25, -0.2) is 8.42 Å². The summed E-state index contributed by atoms with van der Waals surface area (Å²) < 4.78 is 25.7. The molecule has 4 nitrogen and oxygen atoms in total. The summed E-state index contributed by atoms with van der Waals surface area (Å²) in [5.41, 5.74) is 0.506. The highest BCUT2D eigenvalue weighted by Gasteiger charge is 2.35. The average Bonchev–Trinajstić information content (AvgIpc) is 2.26. The highest BCUT2D eigenvalue weighted by atomic mass is 32.2. The minimum Gasteiger partial charge on any atom is -0.275 e. The molecule has 0 saturated carbocycles. The Balaban J connectivity index is 2.60. The molecule has 110 valence electrons. The molecule has 0 bridgehead atoms. The summed E-state index contributed by atoms with van der Waals surface area (Å²) >= 11 is 1.56. The molecule has 1 unspecified atom stereocenters. The first-order valence-corrected chi connectivity index (χ1v) is 9.12. The average molecular weight is 312 g/mol. The third kappa shape index (κ3) is 3.17. The Morgan fingerprint density at radius 1 is 1.25 bits per heavy atom. The normalized spacial score (nSPS) is 21.9. The first-order chi connectivity index (χ1) is 9.09. The Kier molecular flexibility index (Phi) is 3.90. The van der Waals surface area contributed by atoms with Crippen LogP contribution in [-0.4, -0.2) is 31.3 Å². The van der Waals surface area contributed by atoms with Crippen LogP contribution in [-0.2, 0) is 10.0 Å². The molecule has 1 aromatic carbocycles. The number of anilines is 1. The molecular formula is C14H20N2O2S2. The largest absolute Gasteiger partial charge is 0.275 e. The lowest BCUT2D eigenvalue weighted by atomic mass is 10.1. The molecule has 1 aromatic rings. The van der Waals surface area contributed by atoms with Gasteiger partial charge in [0.25, 0.3) is 0 Å². The Hall–Kier alpha value is -1.01.